The van der Waals surface area contributed by atoms with Crippen molar-refractivity contribution in [3.8, 4) is 0 Å². The van der Waals surface area contributed by atoms with Crippen LogP contribution in [0.25, 0.3) is 0 Å². The van der Waals surface area contributed by atoms with Gasteiger partial charge in [0.15, 0.2) is 0 Å². The van der Waals surface area contributed by atoms with Crippen molar-refractivity contribution in [1.29, 1.82) is 0 Å². The van der Waals surface area contributed by atoms with Gasteiger partial charge in [0.25, 0.3) is 0 Å². The number of carbonyl (C=O) groups is 1. The van der Waals surface area contributed by atoms with Crippen LogP contribution in [-0.2, 0) is 4.79 Å². The van der Waals surface area contributed by atoms with Gasteiger partial charge in [-0.2, -0.15) is 0 Å². The number of ketones is 1. The number of nitrogens with one attached hydrogen (secondary N) is 1. The first kappa shape index (κ1) is 13.1. The monoisotopic (exact) mass is 277 g/mol. The fourth-order valence-corrected chi connectivity index (χ4v) is 3.98. The Morgan fingerprint density at radius 1 is 1.21 bits per heavy atom. The highest BCUT2D eigenvalue weighted by Gasteiger charge is 2.45. The van der Waals surface area contributed by atoms with E-state index in [2.05, 4.69) is 24.4 Å². The molecule has 2 nitrogen and oxygen atoms in total. The predicted octanol–water partition coefficient (Wildman–Crippen LogP) is 3.31. The van der Waals surface area contributed by atoms with Gasteiger partial charge in [0, 0.05) is 29.8 Å². The zero-order valence-electron chi connectivity index (χ0n) is 11.2. The molecule has 2 fully saturated rings. The number of alkyl halides is 1. The SMILES string of the molecule is CC1CCC(Cl)C2C(=O)CC(c3ccccc3)NC12. The number of halogens is 1. The highest BCUT2D eigenvalue weighted by atomic mass is 35.5. The molecule has 102 valence electrons. The van der Waals surface area contributed by atoms with Crippen LogP contribution in [0.4, 0.5) is 0 Å². The Morgan fingerprint density at radius 2 is 1.95 bits per heavy atom. The molecular formula is C16H20ClNO. The lowest BCUT2D eigenvalue weighted by atomic mass is 9.71. The lowest BCUT2D eigenvalue weighted by Crippen LogP contribution is -2.56. The number of hydrogen-bond acceptors (Lipinski definition) is 2. The molecule has 2 aliphatic rings. The quantitative estimate of drug-likeness (QED) is 0.798. The third-order valence-electron chi connectivity index (χ3n) is 4.66. The molecule has 1 heterocycles. The van der Waals surface area contributed by atoms with Crippen molar-refractivity contribution in [3.05, 3.63) is 35.9 Å². The summed E-state index contributed by atoms with van der Waals surface area (Å²) < 4.78 is 0. The maximum absolute atomic E-state index is 12.4. The Hall–Kier alpha value is -0.860. The first-order chi connectivity index (χ1) is 9.16. The van der Waals surface area contributed by atoms with Crippen molar-refractivity contribution in [3.63, 3.8) is 0 Å². The Morgan fingerprint density at radius 3 is 2.68 bits per heavy atom. The number of Topliss-reactive ketones (excluding diaryl/α,β-unsaturated/α-hetero) is 1. The highest BCUT2D eigenvalue weighted by molar-refractivity contribution is 6.22. The Bertz CT molecular complexity index is 461. The van der Waals surface area contributed by atoms with Gasteiger partial charge in [-0.05, 0) is 24.3 Å². The second-order valence-electron chi connectivity index (χ2n) is 5.92. The number of piperidine rings is 1. The van der Waals surface area contributed by atoms with Gasteiger partial charge in [-0.3, -0.25) is 4.79 Å². The number of rotatable bonds is 1. The third-order valence-corrected chi connectivity index (χ3v) is 5.15. The van der Waals surface area contributed by atoms with Gasteiger partial charge in [-0.1, -0.05) is 37.3 Å². The van der Waals surface area contributed by atoms with Crippen LogP contribution in [0.3, 0.4) is 0 Å². The Kier molecular flexibility index (Phi) is 3.64. The zero-order chi connectivity index (χ0) is 13.4. The van der Waals surface area contributed by atoms with Gasteiger partial charge in [-0.15, -0.1) is 11.6 Å². The summed E-state index contributed by atoms with van der Waals surface area (Å²) >= 11 is 6.38. The number of carbonyl (C=O) groups excluding carboxylic acids is 1. The second-order valence-corrected chi connectivity index (χ2v) is 6.48. The Balaban J connectivity index is 1.84. The second kappa shape index (κ2) is 5.26. The van der Waals surface area contributed by atoms with E-state index in [4.69, 9.17) is 11.6 Å². The number of benzene rings is 1. The average molecular weight is 278 g/mol. The van der Waals surface area contributed by atoms with Crippen molar-refractivity contribution in [1.82, 2.24) is 5.32 Å². The van der Waals surface area contributed by atoms with Gasteiger partial charge in [0.1, 0.15) is 5.78 Å². The van der Waals surface area contributed by atoms with Crippen LogP contribution in [0.5, 0.6) is 0 Å². The van der Waals surface area contributed by atoms with Crippen molar-refractivity contribution < 1.29 is 4.79 Å². The van der Waals surface area contributed by atoms with Gasteiger partial charge in [0.05, 0.1) is 0 Å². The fraction of sp³-hybridized carbons (Fsp3) is 0.562. The number of fused-ring (bicyclic) bond motifs is 1. The molecule has 1 N–H and O–H groups in total. The van der Waals surface area contributed by atoms with Crippen molar-refractivity contribution in [2.24, 2.45) is 11.8 Å². The van der Waals surface area contributed by atoms with E-state index >= 15 is 0 Å². The van der Waals surface area contributed by atoms with Crippen LogP contribution < -0.4 is 5.32 Å². The van der Waals surface area contributed by atoms with Crippen molar-refractivity contribution in [2.45, 2.75) is 43.6 Å². The van der Waals surface area contributed by atoms with Crippen molar-refractivity contribution in [2.75, 3.05) is 0 Å². The van der Waals surface area contributed by atoms with E-state index in [1.165, 1.54) is 5.56 Å². The van der Waals surface area contributed by atoms with Gasteiger partial charge in [-0.25, -0.2) is 0 Å². The summed E-state index contributed by atoms with van der Waals surface area (Å²) in [6.45, 7) is 2.23. The summed E-state index contributed by atoms with van der Waals surface area (Å²) in [7, 11) is 0. The molecule has 1 saturated carbocycles. The summed E-state index contributed by atoms with van der Waals surface area (Å²) in [4.78, 5) is 12.4. The fourth-order valence-electron chi connectivity index (χ4n) is 3.56. The molecule has 19 heavy (non-hydrogen) atoms. The van der Waals surface area contributed by atoms with Crippen LogP contribution in [0, 0.1) is 11.8 Å². The third kappa shape index (κ3) is 2.44. The normalized spacial score (nSPS) is 38.8. The van der Waals surface area contributed by atoms with Crippen molar-refractivity contribution >= 4 is 17.4 Å². The average Bonchev–Trinajstić information content (AvgIpc) is 2.43. The Labute approximate surface area is 119 Å². The lowest BCUT2D eigenvalue weighted by Gasteiger charge is -2.45. The van der Waals surface area contributed by atoms with E-state index in [1.54, 1.807) is 0 Å². The van der Waals surface area contributed by atoms with Gasteiger partial charge < -0.3 is 5.32 Å². The molecule has 1 aromatic carbocycles. The van der Waals surface area contributed by atoms with E-state index in [0.717, 1.165) is 12.8 Å². The van der Waals surface area contributed by atoms with E-state index in [9.17, 15) is 4.79 Å². The van der Waals surface area contributed by atoms with E-state index in [-0.39, 0.29) is 23.4 Å². The molecule has 0 aromatic heterocycles. The summed E-state index contributed by atoms with van der Waals surface area (Å²) in [5.41, 5.74) is 1.21. The summed E-state index contributed by atoms with van der Waals surface area (Å²) in [6, 6.07) is 10.6. The molecule has 0 radical (unpaired) electrons. The molecule has 0 bridgehead atoms. The molecule has 5 atom stereocenters. The molecular weight excluding hydrogens is 258 g/mol. The van der Waals surface area contributed by atoms with E-state index < -0.39 is 0 Å². The minimum absolute atomic E-state index is 0.00498. The van der Waals surface area contributed by atoms with Crippen LogP contribution in [0.2, 0.25) is 0 Å². The molecule has 1 saturated heterocycles. The molecule has 1 aliphatic heterocycles. The molecule has 0 spiro atoms. The van der Waals surface area contributed by atoms with Gasteiger partial charge >= 0.3 is 0 Å². The van der Waals surface area contributed by atoms with Crippen LogP contribution >= 0.6 is 11.6 Å². The van der Waals surface area contributed by atoms with E-state index in [1.807, 2.05) is 18.2 Å². The smallest absolute Gasteiger partial charge is 0.140 e. The predicted molar refractivity (Wildman–Crippen MR) is 77.3 cm³/mol. The molecule has 1 aliphatic carbocycles. The first-order valence-electron chi connectivity index (χ1n) is 7.14. The number of hydrogen-bond donors (Lipinski definition) is 1. The van der Waals surface area contributed by atoms with Crippen LogP contribution in [0.15, 0.2) is 30.3 Å². The van der Waals surface area contributed by atoms with Gasteiger partial charge in [0.2, 0.25) is 0 Å². The maximum atomic E-state index is 12.4. The molecule has 1 aromatic rings. The molecule has 0 amide bonds. The summed E-state index contributed by atoms with van der Waals surface area (Å²) in [6.07, 6.45) is 2.64. The largest absolute Gasteiger partial charge is 0.306 e. The van der Waals surface area contributed by atoms with E-state index in [0.29, 0.717) is 18.1 Å². The topological polar surface area (TPSA) is 29.1 Å². The molecule has 3 heteroatoms. The molecule has 3 rings (SSSR count). The molecule has 5 unspecified atom stereocenters. The van der Waals surface area contributed by atoms with Crippen LogP contribution in [0.1, 0.15) is 37.8 Å². The zero-order valence-corrected chi connectivity index (χ0v) is 11.9. The van der Waals surface area contributed by atoms with Crippen LogP contribution in [-0.4, -0.2) is 17.2 Å². The standard InChI is InChI=1S/C16H20ClNO/c1-10-7-8-12(17)15-14(19)9-13(18-16(10)15)11-5-3-2-4-6-11/h2-6,10,12-13,15-16,18H,7-9H2,1H3. The highest BCUT2D eigenvalue weighted by Crippen LogP contribution is 2.39. The first-order valence-corrected chi connectivity index (χ1v) is 7.58. The lowest BCUT2D eigenvalue weighted by molar-refractivity contribution is -0.128. The summed E-state index contributed by atoms with van der Waals surface area (Å²) in [5, 5.41) is 3.69. The summed E-state index contributed by atoms with van der Waals surface area (Å²) in [5.74, 6) is 0.866. The maximum Gasteiger partial charge on any atom is 0.140 e. The minimum Gasteiger partial charge on any atom is -0.306 e. The minimum atomic E-state index is 0.00498.